The SMILES string of the molecule is CN(C)CCc1c[nH]c(=O)nc1C(F)(F)F. The van der Waals surface area contributed by atoms with Gasteiger partial charge in [0.2, 0.25) is 0 Å². The van der Waals surface area contributed by atoms with E-state index in [9.17, 15) is 18.0 Å². The van der Waals surface area contributed by atoms with Gasteiger partial charge in [-0.15, -0.1) is 0 Å². The molecule has 7 heteroatoms. The first-order valence-corrected chi connectivity index (χ1v) is 4.61. The van der Waals surface area contributed by atoms with Crippen molar-refractivity contribution < 1.29 is 13.2 Å². The number of likely N-dealkylation sites (N-methyl/N-ethyl adjacent to an activating group) is 1. The maximum absolute atomic E-state index is 12.5. The van der Waals surface area contributed by atoms with Crippen LogP contribution >= 0.6 is 0 Å². The summed E-state index contributed by atoms with van der Waals surface area (Å²) >= 11 is 0. The van der Waals surface area contributed by atoms with Gasteiger partial charge in [-0.3, -0.25) is 0 Å². The predicted octanol–water partition coefficient (Wildman–Crippen LogP) is 0.893. The van der Waals surface area contributed by atoms with Gasteiger partial charge in [0, 0.05) is 18.3 Å². The number of rotatable bonds is 3. The molecule has 1 aromatic heterocycles. The molecule has 1 heterocycles. The summed E-state index contributed by atoms with van der Waals surface area (Å²) in [4.78, 5) is 17.6. The van der Waals surface area contributed by atoms with Crippen molar-refractivity contribution in [3.8, 4) is 0 Å². The molecule has 0 aliphatic heterocycles. The maximum atomic E-state index is 12.5. The molecule has 90 valence electrons. The zero-order valence-electron chi connectivity index (χ0n) is 8.93. The molecule has 0 aliphatic rings. The topological polar surface area (TPSA) is 49.0 Å². The van der Waals surface area contributed by atoms with Crippen LogP contribution in [-0.4, -0.2) is 35.5 Å². The molecule has 0 amide bonds. The lowest BCUT2D eigenvalue weighted by molar-refractivity contribution is -0.142. The molecule has 0 bridgehead atoms. The Morgan fingerprint density at radius 1 is 1.44 bits per heavy atom. The molecule has 1 N–H and O–H groups in total. The summed E-state index contributed by atoms with van der Waals surface area (Å²) in [6.07, 6.45) is -3.33. The molecular weight excluding hydrogens is 223 g/mol. The van der Waals surface area contributed by atoms with Gasteiger partial charge in [-0.1, -0.05) is 0 Å². The third-order valence-corrected chi connectivity index (χ3v) is 1.98. The standard InChI is InChI=1S/C9H12F3N3O/c1-15(2)4-3-6-5-13-8(16)14-7(6)9(10,11)12/h5H,3-4H2,1-2H3,(H,13,14,16). The lowest BCUT2D eigenvalue weighted by Gasteiger charge is -2.13. The molecule has 1 rings (SSSR count). The summed E-state index contributed by atoms with van der Waals surface area (Å²) in [6.45, 7) is 0.455. The number of hydrogen-bond donors (Lipinski definition) is 1. The van der Waals surface area contributed by atoms with Gasteiger partial charge in [-0.25, -0.2) is 4.79 Å². The van der Waals surface area contributed by atoms with Crippen LogP contribution in [0.3, 0.4) is 0 Å². The Kier molecular flexibility index (Phi) is 3.69. The average molecular weight is 235 g/mol. The van der Waals surface area contributed by atoms with Crippen LogP contribution in [0.25, 0.3) is 0 Å². The highest BCUT2D eigenvalue weighted by Crippen LogP contribution is 2.29. The first-order chi connectivity index (χ1) is 7.30. The van der Waals surface area contributed by atoms with E-state index in [0.717, 1.165) is 6.20 Å². The van der Waals surface area contributed by atoms with Gasteiger partial charge < -0.3 is 9.88 Å². The van der Waals surface area contributed by atoms with Crippen LogP contribution in [0.5, 0.6) is 0 Å². The summed E-state index contributed by atoms with van der Waals surface area (Å²) in [5.41, 5.74) is -2.08. The Hall–Kier alpha value is -1.37. The number of aromatic nitrogens is 2. The fraction of sp³-hybridized carbons (Fsp3) is 0.556. The Morgan fingerprint density at radius 3 is 2.56 bits per heavy atom. The average Bonchev–Trinajstić information content (AvgIpc) is 2.14. The van der Waals surface area contributed by atoms with Crippen LogP contribution < -0.4 is 5.69 Å². The monoisotopic (exact) mass is 235 g/mol. The van der Waals surface area contributed by atoms with Crippen LogP contribution in [0.4, 0.5) is 13.2 Å². The smallest absolute Gasteiger partial charge is 0.312 e. The molecule has 0 saturated heterocycles. The van der Waals surface area contributed by atoms with Crippen LogP contribution in [0.2, 0.25) is 0 Å². The van der Waals surface area contributed by atoms with Crippen LogP contribution in [0.15, 0.2) is 11.0 Å². The molecule has 0 unspecified atom stereocenters. The third kappa shape index (κ3) is 3.34. The number of hydrogen-bond acceptors (Lipinski definition) is 3. The van der Waals surface area contributed by atoms with E-state index >= 15 is 0 Å². The van der Waals surface area contributed by atoms with Crippen molar-refractivity contribution in [2.75, 3.05) is 20.6 Å². The predicted molar refractivity (Wildman–Crippen MR) is 52.1 cm³/mol. The quantitative estimate of drug-likeness (QED) is 0.846. The molecule has 4 nitrogen and oxygen atoms in total. The number of aromatic amines is 1. The number of halogens is 3. The number of H-pyrrole nitrogens is 1. The van der Waals surface area contributed by atoms with Gasteiger partial charge in [-0.05, 0) is 20.5 Å². The van der Waals surface area contributed by atoms with Gasteiger partial charge in [0.25, 0.3) is 0 Å². The fourth-order valence-electron chi connectivity index (χ4n) is 1.20. The summed E-state index contributed by atoms with van der Waals surface area (Å²) in [6, 6.07) is 0. The van der Waals surface area contributed by atoms with Gasteiger partial charge >= 0.3 is 11.9 Å². The van der Waals surface area contributed by atoms with E-state index < -0.39 is 17.6 Å². The van der Waals surface area contributed by atoms with Crippen molar-refractivity contribution in [3.63, 3.8) is 0 Å². The zero-order valence-corrected chi connectivity index (χ0v) is 8.93. The minimum atomic E-state index is -4.59. The van der Waals surface area contributed by atoms with Crippen molar-refractivity contribution in [1.29, 1.82) is 0 Å². The molecule has 0 aliphatic carbocycles. The highest BCUT2D eigenvalue weighted by atomic mass is 19.4. The zero-order chi connectivity index (χ0) is 12.3. The molecule has 0 saturated carbocycles. The van der Waals surface area contributed by atoms with E-state index in [1.807, 2.05) is 0 Å². The van der Waals surface area contributed by atoms with E-state index in [1.165, 1.54) is 0 Å². The summed E-state index contributed by atoms with van der Waals surface area (Å²) in [7, 11) is 3.51. The summed E-state index contributed by atoms with van der Waals surface area (Å²) < 4.78 is 37.6. The van der Waals surface area contributed by atoms with E-state index in [2.05, 4.69) is 9.97 Å². The highest BCUT2D eigenvalue weighted by Gasteiger charge is 2.35. The second-order valence-corrected chi connectivity index (χ2v) is 3.63. The van der Waals surface area contributed by atoms with Crippen molar-refractivity contribution in [3.05, 3.63) is 27.9 Å². The maximum Gasteiger partial charge on any atom is 0.433 e. The third-order valence-electron chi connectivity index (χ3n) is 1.98. The Labute approximate surface area is 90.1 Å². The van der Waals surface area contributed by atoms with Crippen molar-refractivity contribution >= 4 is 0 Å². The molecule has 0 radical (unpaired) electrons. The van der Waals surface area contributed by atoms with Crippen molar-refractivity contribution in [2.24, 2.45) is 0 Å². The van der Waals surface area contributed by atoms with Crippen LogP contribution in [0, 0.1) is 0 Å². The van der Waals surface area contributed by atoms with Crippen LogP contribution in [-0.2, 0) is 12.6 Å². The summed E-state index contributed by atoms with van der Waals surface area (Å²) in [5.74, 6) is 0. The minimum Gasteiger partial charge on any atom is -0.312 e. The van der Waals surface area contributed by atoms with Gasteiger partial charge in [-0.2, -0.15) is 18.2 Å². The lowest BCUT2D eigenvalue weighted by Crippen LogP contribution is -2.23. The highest BCUT2D eigenvalue weighted by molar-refractivity contribution is 5.19. The van der Waals surface area contributed by atoms with Gasteiger partial charge in [0.1, 0.15) is 0 Å². The fourth-order valence-corrected chi connectivity index (χ4v) is 1.20. The molecule has 0 spiro atoms. The van der Waals surface area contributed by atoms with Gasteiger partial charge in [0.15, 0.2) is 5.69 Å². The Bertz CT molecular complexity index is 411. The first-order valence-electron chi connectivity index (χ1n) is 4.61. The number of nitrogens with one attached hydrogen (secondary N) is 1. The van der Waals surface area contributed by atoms with Crippen molar-refractivity contribution in [2.45, 2.75) is 12.6 Å². The second-order valence-electron chi connectivity index (χ2n) is 3.63. The van der Waals surface area contributed by atoms with E-state index in [4.69, 9.17) is 0 Å². The Morgan fingerprint density at radius 2 is 2.06 bits per heavy atom. The molecular formula is C9H12F3N3O. The van der Waals surface area contributed by atoms with Gasteiger partial charge in [0.05, 0.1) is 0 Å². The molecule has 1 aromatic rings. The summed E-state index contributed by atoms with van der Waals surface area (Å²) in [5, 5.41) is 0. The largest absolute Gasteiger partial charge is 0.433 e. The lowest BCUT2D eigenvalue weighted by atomic mass is 10.1. The molecule has 0 fully saturated rings. The Balaban J connectivity index is 3.04. The normalized spacial score (nSPS) is 12.1. The van der Waals surface area contributed by atoms with E-state index in [-0.39, 0.29) is 12.0 Å². The molecule has 0 atom stereocenters. The van der Waals surface area contributed by atoms with E-state index in [0.29, 0.717) is 6.54 Å². The number of alkyl halides is 3. The molecule has 0 aromatic carbocycles. The molecule has 16 heavy (non-hydrogen) atoms. The van der Waals surface area contributed by atoms with Crippen molar-refractivity contribution in [1.82, 2.24) is 14.9 Å². The minimum absolute atomic E-state index is 0.000741. The number of nitrogens with zero attached hydrogens (tertiary/aromatic N) is 2. The first kappa shape index (κ1) is 12.7. The van der Waals surface area contributed by atoms with E-state index in [1.54, 1.807) is 19.0 Å². The van der Waals surface area contributed by atoms with Crippen LogP contribution in [0.1, 0.15) is 11.3 Å². The second kappa shape index (κ2) is 4.65.